The number of aliphatic hydroxyl groups excluding tert-OH is 2. The first-order valence-electron chi connectivity index (χ1n) is 5.55. The van der Waals surface area contributed by atoms with E-state index in [0.717, 1.165) is 0 Å². The van der Waals surface area contributed by atoms with E-state index in [4.69, 9.17) is 15.2 Å². The van der Waals surface area contributed by atoms with Crippen LogP contribution in [0.3, 0.4) is 0 Å². The van der Waals surface area contributed by atoms with Crippen LogP contribution in [0.5, 0.6) is 0 Å². The van der Waals surface area contributed by atoms with Gasteiger partial charge in [0.15, 0.2) is 0 Å². The Balaban J connectivity index is 4.72. The predicted molar refractivity (Wildman–Crippen MR) is 65.8 cm³/mol. The first-order valence-corrected chi connectivity index (χ1v) is 5.55. The topological polar surface area (TPSA) is 97.3 Å². The van der Waals surface area contributed by atoms with Crippen molar-refractivity contribution in [2.75, 3.05) is 13.7 Å². The van der Waals surface area contributed by atoms with Gasteiger partial charge in [0.1, 0.15) is 17.7 Å². The Hall–Kier alpha value is -0.850. The predicted octanol–water partition coefficient (Wildman–Crippen LogP) is -0.127. The summed E-state index contributed by atoms with van der Waals surface area (Å²) in [6.07, 6.45) is -1.38. The Morgan fingerprint density at radius 2 is 1.94 bits per heavy atom. The summed E-state index contributed by atoms with van der Waals surface area (Å²) >= 11 is 0. The van der Waals surface area contributed by atoms with Gasteiger partial charge in [-0.1, -0.05) is 0 Å². The zero-order valence-corrected chi connectivity index (χ0v) is 11.2. The van der Waals surface area contributed by atoms with E-state index in [9.17, 15) is 10.2 Å². The molecule has 102 valence electrons. The second-order valence-corrected chi connectivity index (χ2v) is 4.87. The van der Waals surface area contributed by atoms with Gasteiger partial charge in [0.25, 0.3) is 6.02 Å². The molecular weight excluding hydrogens is 224 g/mol. The van der Waals surface area contributed by atoms with Gasteiger partial charge in [-0.25, -0.2) is 4.99 Å². The molecule has 0 aliphatic carbocycles. The second kappa shape index (κ2) is 6.78. The van der Waals surface area contributed by atoms with Crippen molar-refractivity contribution in [3.63, 3.8) is 0 Å². The Kier molecular flexibility index (Phi) is 6.44. The molecule has 0 aliphatic heterocycles. The fourth-order valence-corrected chi connectivity index (χ4v) is 1.40. The summed E-state index contributed by atoms with van der Waals surface area (Å²) in [6, 6.07) is -0.679. The van der Waals surface area contributed by atoms with E-state index in [-0.39, 0.29) is 12.6 Å². The monoisotopic (exact) mass is 248 g/mol. The van der Waals surface area contributed by atoms with Gasteiger partial charge >= 0.3 is 0 Å². The molecule has 4 N–H and O–H groups in total. The van der Waals surface area contributed by atoms with Crippen LogP contribution in [0.15, 0.2) is 4.99 Å². The molecule has 0 spiro atoms. The molecule has 6 nitrogen and oxygen atoms in total. The van der Waals surface area contributed by atoms with Crippen LogP contribution in [0.2, 0.25) is 0 Å². The van der Waals surface area contributed by atoms with E-state index in [2.05, 4.69) is 4.99 Å². The highest BCUT2D eigenvalue weighted by molar-refractivity contribution is 5.72. The van der Waals surface area contributed by atoms with Crippen LogP contribution in [0, 0.1) is 0 Å². The summed E-state index contributed by atoms with van der Waals surface area (Å²) in [4.78, 5) is 4.01. The van der Waals surface area contributed by atoms with Gasteiger partial charge in [-0.15, -0.1) is 0 Å². The van der Waals surface area contributed by atoms with E-state index in [1.165, 1.54) is 7.11 Å². The molecule has 0 aromatic rings. The quantitative estimate of drug-likeness (QED) is 0.465. The summed E-state index contributed by atoms with van der Waals surface area (Å²) in [5, 5.41) is 18.7. The van der Waals surface area contributed by atoms with Crippen molar-refractivity contribution in [3.8, 4) is 0 Å². The number of ether oxygens (including phenoxy) is 2. The average molecular weight is 248 g/mol. The first kappa shape index (κ1) is 16.1. The summed E-state index contributed by atoms with van der Waals surface area (Å²) in [6.45, 7) is 6.80. The van der Waals surface area contributed by atoms with Gasteiger partial charge < -0.3 is 25.4 Å². The van der Waals surface area contributed by atoms with Crippen molar-refractivity contribution in [1.82, 2.24) is 0 Å². The van der Waals surface area contributed by atoms with Crippen LogP contribution >= 0.6 is 0 Å². The number of aliphatic imine (C=N–C) groups is 1. The SMILES string of the molecule is CO[C@@H]([C@H](CO)N=C(N)OC(C)(C)C)[C@@H](C)O. The third-order valence-electron chi connectivity index (χ3n) is 2.02. The van der Waals surface area contributed by atoms with E-state index in [1.807, 2.05) is 20.8 Å². The molecule has 0 bridgehead atoms. The molecule has 0 saturated heterocycles. The molecule has 0 aliphatic rings. The summed E-state index contributed by atoms with van der Waals surface area (Å²) in [5.74, 6) is 0. The first-order chi connectivity index (χ1) is 7.71. The number of hydrogen-bond acceptors (Lipinski definition) is 5. The van der Waals surface area contributed by atoms with Gasteiger partial charge in [-0.3, -0.25) is 0 Å². The lowest BCUT2D eigenvalue weighted by Gasteiger charge is -2.25. The largest absolute Gasteiger partial charge is 0.460 e. The number of hydrogen-bond donors (Lipinski definition) is 3. The molecule has 0 heterocycles. The van der Waals surface area contributed by atoms with Crippen LogP contribution in [0.4, 0.5) is 0 Å². The van der Waals surface area contributed by atoms with Crippen molar-refractivity contribution < 1.29 is 19.7 Å². The Morgan fingerprint density at radius 3 is 2.24 bits per heavy atom. The van der Waals surface area contributed by atoms with Crippen LogP contribution in [0.1, 0.15) is 27.7 Å². The molecule has 0 amide bonds. The third-order valence-corrected chi connectivity index (χ3v) is 2.02. The molecule has 0 aromatic heterocycles. The normalized spacial score (nSPS) is 18.6. The van der Waals surface area contributed by atoms with Crippen molar-refractivity contribution in [2.24, 2.45) is 10.7 Å². The van der Waals surface area contributed by atoms with E-state index in [1.54, 1.807) is 6.92 Å². The lowest BCUT2D eigenvalue weighted by Crippen LogP contribution is -2.41. The van der Waals surface area contributed by atoms with Crippen molar-refractivity contribution in [2.45, 2.75) is 51.5 Å². The lowest BCUT2D eigenvalue weighted by atomic mass is 10.1. The van der Waals surface area contributed by atoms with Crippen LogP contribution in [0.25, 0.3) is 0 Å². The maximum atomic E-state index is 9.47. The molecule has 0 rings (SSSR count). The fraction of sp³-hybridized carbons (Fsp3) is 0.909. The van der Waals surface area contributed by atoms with Gasteiger partial charge in [0.05, 0.1) is 12.7 Å². The highest BCUT2D eigenvalue weighted by atomic mass is 16.5. The summed E-state index contributed by atoms with van der Waals surface area (Å²) in [5.41, 5.74) is 5.15. The van der Waals surface area contributed by atoms with Crippen LogP contribution < -0.4 is 5.73 Å². The van der Waals surface area contributed by atoms with E-state index < -0.39 is 23.9 Å². The van der Waals surface area contributed by atoms with Crippen LogP contribution in [-0.4, -0.2) is 53.8 Å². The standard InChI is InChI=1S/C11H24N2O4/c1-7(15)9(16-5)8(6-14)13-10(12)17-11(2,3)4/h7-9,14-15H,6H2,1-5H3,(H2,12,13)/t7-,8+,9-/m1/s1. The molecule has 0 saturated carbocycles. The zero-order chi connectivity index (χ0) is 13.6. The molecule has 6 heteroatoms. The Bertz CT molecular complexity index is 248. The Morgan fingerprint density at radius 1 is 1.41 bits per heavy atom. The zero-order valence-electron chi connectivity index (χ0n) is 11.2. The van der Waals surface area contributed by atoms with Gasteiger partial charge in [0, 0.05) is 7.11 Å². The molecule has 0 radical (unpaired) electrons. The fourth-order valence-electron chi connectivity index (χ4n) is 1.40. The van der Waals surface area contributed by atoms with Crippen molar-refractivity contribution in [1.29, 1.82) is 0 Å². The van der Waals surface area contributed by atoms with Crippen LogP contribution in [-0.2, 0) is 9.47 Å². The smallest absolute Gasteiger partial charge is 0.282 e. The second-order valence-electron chi connectivity index (χ2n) is 4.87. The van der Waals surface area contributed by atoms with Gasteiger partial charge in [-0.05, 0) is 27.7 Å². The highest BCUT2D eigenvalue weighted by Crippen LogP contribution is 2.10. The Labute approximate surface area is 102 Å². The number of nitrogens with two attached hydrogens (primary N) is 1. The van der Waals surface area contributed by atoms with Crippen molar-refractivity contribution >= 4 is 6.02 Å². The molecule has 0 unspecified atom stereocenters. The minimum absolute atomic E-state index is 0.0285. The highest BCUT2D eigenvalue weighted by Gasteiger charge is 2.26. The minimum atomic E-state index is -0.761. The molecular formula is C11H24N2O4. The van der Waals surface area contributed by atoms with Crippen molar-refractivity contribution in [3.05, 3.63) is 0 Å². The minimum Gasteiger partial charge on any atom is -0.460 e. The maximum Gasteiger partial charge on any atom is 0.282 e. The van der Waals surface area contributed by atoms with E-state index in [0.29, 0.717) is 0 Å². The summed E-state index contributed by atoms with van der Waals surface area (Å²) in [7, 11) is 1.44. The molecule has 0 aromatic carbocycles. The van der Waals surface area contributed by atoms with Gasteiger partial charge in [-0.2, -0.15) is 0 Å². The number of rotatable bonds is 5. The molecule has 17 heavy (non-hydrogen) atoms. The average Bonchev–Trinajstić information content (AvgIpc) is 2.13. The maximum absolute atomic E-state index is 9.47. The number of methoxy groups -OCH3 is 1. The lowest BCUT2D eigenvalue weighted by molar-refractivity contribution is -0.0270. The molecule has 3 atom stereocenters. The molecule has 0 fully saturated rings. The van der Waals surface area contributed by atoms with E-state index >= 15 is 0 Å². The van der Waals surface area contributed by atoms with Gasteiger partial charge in [0.2, 0.25) is 0 Å². The third kappa shape index (κ3) is 6.45. The number of nitrogens with zero attached hydrogens (tertiary/aromatic N) is 1. The summed E-state index contributed by atoms with van der Waals surface area (Å²) < 4.78 is 10.4. The number of aliphatic hydroxyl groups is 2. The number of amidine groups is 1.